The van der Waals surface area contributed by atoms with Gasteiger partial charge in [-0.1, -0.05) is 6.92 Å². The smallest absolute Gasteiger partial charge is 0.223 e. The molecule has 1 aliphatic heterocycles. The summed E-state index contributed by atoms with van der Waals surface area (Å²) in [5, 5.41) is 0. The van der Waals surface area contributed by atoms with Crippen LogP contribution in [0, 0.1) is 0 Å². The Bertz CT molecular complexity index is 224. The maximum Gasteiger partial charge on any atom is 0.223 e. The van der Waals surface area contributed by atoms with Crippen molar-refractivity contribution in [3.05, 3.63) is 0 Å². The van der Waals surface area contributed by atoms with Gasteiger partial charge in [-0.15, -0.1) is 0 Å². The Kier molecular flexibility index (Phi) is 2.58. The number of ketones is 1. The summed E-state index contributed by atoms with van der Waals surface area (Å²) in [6.07, 6.45) is 1.20. The number of nitrogens with zero attached hydrogens (tertiary/aromatic N) is 1. The third kappa shape index (κ3) is 1.52. The number of hydrogen-bond donors (Lipinski definition) is 0. The Morgan fingerprint density at radius 3 is 2.92 bits per heavy atom. The molecule has 12 heavy (non-hydrogen) atoms. The second-order valence-corrected chi connectivity index (χ2v) is 2.82. The van der Waals surface area contributed by atoms with E-state index >= 15 is 0 Å². The molecule has 0 N–H and O–H groups in total. The number of Topliss-reactive ketones (excluding diaryl/α,β-unsaturated/α-hetero) is 1. The Morgan fingerprint density at radius 1 is 1.75 bits per heavy atom. The fourth-order valence-corrected chi connectivity index (χ4v) is 1.31. The molecule has 0 saturated carbocycles. The van der Waals surface area contributed by atoms with Crippen LogP contribution in [-0.2, 0) is 14.4 Å². The van der Waals surface area contributed by atoms with Crippen LogP contribution in [0.5, 0.6) is 0 Å². The van der Waals surface area contributed by atoms with E-state index in [1.165, 1.54) is 4.90 Å². The molecule has 0 spiro atoms. The van der Waals surface area contributed by atoms with Crippen LogP contribution >= 0.6 is 0 Å². The van der Waals surface area contributed by atoms with Crippen LogP contribution in [0.3, 0.4) is 0 Å². The number of hydrogen-bond acceptors (Lipinski definition) is 3. The van der Waals surface area contributed by atoms with E-state index in [-0.39, 0.29) is 24.7 Å². The fraction of sp³-hybridized carbons (Fsp3) is 0.625. The largest absolute Gasteiger partial charge is 0.325 e. The van der Waals surface area contributed by atoms with Crippen LogP contribution < -0.4 is 0 Å². The highest BCUT2D eigenvalue weighted by atomic mass is 16.2. The normalized spacial score (nSPS) is 22.9. The topological polar surface area (TPSA) is 54.5 Å². The zero-order valence-corrected chi connectivity index (χ0v) is 6.95. The summed E-state index contributed by atoms with van der Waals surface area (Å²) in [6, 6.07) is -0.509. The lowest BCUT2D eigenvalue weighted by atomic mass is 10.2. The summed E-state index contributed by atoms with van der Waals surface area (Å²) in [7, 11) is 0. The lowest BCUT2D eigenvalue weighted by Gasteiger charge is -2.17. The minimum Gasteiger partial charge on any atom is -0.325 e. The van der Waals surface area contributed by atoms with E-state index in [0.29, 0.717) is 12.7 Å². The third-order valence-electron chi connectivity index (χ3n) is 1.96. The Balaban J connectivity index is 2.69. The predicted octanol–water partition coefficient (Wildman–Crippen LogP) is -0.235. The van der Waals surface area contributed by atoms with Crippen molar-refractivity contribution in [1.82, 2.24) is 4.90 Å². The van der Waals surface area contributed by atoms with E-state index in [1.807, 2.05) is 0 Å². The molecule has 1 amide bonds. The van der Waals surface area contributed by atoms with E-state index in [9.17, 15) is 14.4 Å². The Morgan fingerprint density at radius 2 is 2.42 bits per heavy atom. The molecule has 0 radical (unpaired) electrons. The van der Waals surface area contributed by atoms with Crippen molar-refractivity contribution < 1.29 is 14.4 Å². The zero-order valence-electron chi connectivity index (χ0n) is 6.95. The van der Waals surface area contributed by atoms with Gasteiger partial charge in [-0.05, 0) is 0 Å². The molecule has 0 aromatic carbocycles. The molecule has 4 nitrogen and oxygen atoms in total. The van der Waals surface area contributed by atoms with Crippen LogP contribution in [0.25, 0.3) is 0 Å². The van der Waals surface area contributed by atoms with Crippen LogP contribution in [-0.4, -0.2) is 35.5 Å². The molecular formula is C8H11NO3. The summed E-state index contributed by atoms with van der Waals surface area (Å²) in [6.45, 7) is 1.82. The highest BCUT2D eigenvalue weighted by Crippen LogP contribution is 2.13. The molecule has 0 aliphatic carbocycles. The SMILES string of the molecule is CCC(=O)N1CC(=O)C[C@H]1C=O. The summed E-state index contributed by atoms with van der Waals surface area (Å²) < 4.78 is 0. The molecule has 0 aromatic heterocycles. The van der Waals surface area contributed by atoms with Gasteiger partial charge in [-0.2, -0.15) is 0 Å². The van der Waals surface area contributed by atoms with E-state index in [1.54, 1.807) is 6.92 Å². The second-order valence-electron chi connectivity index (χ2n) is 2.82. The van der Waals surface area contributed by atoms with Gasteiger partial charge in [0.05, 0.1) is 12.6 Å². The first-order chi connectivity index (χ1) is 5.69. The number of aldehydes is 1. The van der Waals surface area contributed by atoms with Crippen molar-refractivity contribution in [2.24, 2.45) is 0 Å². The van der Waals surface area contributed by atoms with Crippen LogP contribution in [0.1, 0.15) is 19.8 Å². The standard InChI is InChI=1S/C8H11NO3/c1-2-8(12)9-4-7(11)3-6(9)5-10/h5-6H,2-4H2,1H3/t6-/m0/s1. The third-order valence-corrected chi connectivity index (χ3v) is 1.96. The average Bonchev–Trinajstić information content (AvgIpc) is 2.45. The minimum atomic E-state index is -0.509. The number of carbonyl (C=O) groups excluding carboxylic acids is 3. The molecule has 66 valence electrons. The van der Waals surface area contributed by atoms with Gasteiger partial charge in [0.2, 0.25) is 5.91 Å². The van der Waals surface area contributed by atoms with E-state index in [4.69, 9.17) is 0 Å². The van der Waals surface area contributed by atoms with Gasteiger partial charge < -0.3 is 9.69 Å². The predicted molar refractivity (Wildman–Crippen MR) is 41.5 cm³/mol. The molecule has 1 atom stereocenters. The second kappa shape index (κ2) is 3.47. The molecule has 1 fully saturated rings. The van der Waals surface area contributed by atoms with Crippen LogP contribution in [0.4, 0.5) is 0 Å². The van der Waals surface area contributed by atoms with Gasteiger partial charge in [-0.3, -0.25) is 9.59 Å². The van der Waals surface area contributed by atoms with Crippen molar-refractivity contribution in [2.75, 3.05) is 6.54 Å². The monoisotopic (exact) mass is 169 g/mol. The zero-order chi connectivity index (χ0) is 9.14. The number of amides is 1. The first kappa shape index (κ1) is 8.90. The molecule has 1 aliphatic rings. The van der Waals surface area contributed by atoms with Crippen LogP contribution in [0.15, 0.2) is 0 Å². The number of rotatable bonds is 2. The molecule has 0 bridgehead atoms. The van der Waals surface area contributed by atoms with Gasteiger partial charge in [0.15, 0.2) is 5.78 Å². The maximum atomic E-state index is 11.1. The van der Waals surface area contributed by atoms with Gasteiger partial charge in [-0.25, -0.2) is 0 Å². The van der Waals surface area contributed by atoms with E-state index in [2.05, 4.69) is 0 Å². The molecule has 1 rings (SSSR count). The van der Waals surface area contributed by atoms with Gasteiger partial charge in [0.1, 0.15) is 6.29 Å². The van der Waals surface area contributed by atoms with Crippen molar-refractivity contribution in [3.63, 3.8) is 0 Å². The minimum absolute atomic E-state index is 0.0334. The molecule has 1 heterocycles. The van der Waals surface area contributed by atoms with Gasteiger partial charge in [0.25, 0.3) is 0 Å². The summed E-state index contributed by atoms with van der Waals surface area (Å²) in [5.74, 6) is -0.160. The molecule has 0 unspecified atom stereocenters. The lowest BCUT2D eigenvalue weighted by molar-refractivity contribution is -0.134. The quantitative estimate of drug-likeness (QED) is 0.536. The number of likely N-dealkylation sites (tertiary alicyclic amines) is 1. The summed E-state index contributed by atoms with van der Waals surface area (Å²) >= 11 is 0. The fourth-order valence-electron chi connectivity index (χ4n) is 1.31. The van der Waals surface area contributed by atoms with Crippen molar-refractivity contribution in [1.29, 1.82) is 0 Å². The van der Waals surface area contributed by atoms with E-state index < -0.39 is 6.04 Å². The van der Waals surface area contributed by atoms with Crippen molar-refractivity contribution >= 4 is 18.0 Å². The summed E-state index contributed by atoms with van der Waals surface area (Å²) in [4.78, 5) is 33.8. The van der Waals surface area contributed by atoms with Crippen molar-refractivity contribution in [3.8, 4) is 0 Å². The van der Waals surface area contributed by atoms with Gasteiger partial charge >= 0.3 is 0 Å². The van der Waals surface area contributed by atoms with Gasteiger partial charge in [0, 0.05) is 12.8 Å². The van der Waals surface area contributed by atoms with Crippen molar-refractivity contribution in [2.45, 2.75) is 25.8 Å². The molecule has 0 aromatic rings. The average molecular weight is 169 g/mol. The lowest BCUT2D eigenvalue weighted by Crippen LogP contribution is -2.36. The molecular weight excluding hydrogens is 158 g/mol. The molecule has 1 saturated heterocycles. The molecule has 4 heteroatoms. The highest BCUT2D eigenvalue weighted by molar-refractivity contribution is 5.94. The first-order valence-corrected chi connectivity index (χ1v) is 3.95. The number of carbonyl (C=O) groups is 3. The maximum absolute atomic E-state index is 11.1. The highest BCUT2D eigenvalue weighted by Gasteiger charge is 2.32. The van der Waals surface area contributed by atoms with Crippen LogP contribution in [0.2, 0.25) is 0 Å². The first-order valence-electron chi connectivity index (χ1n) is 3.95. The van der Waals surface area contributed by atoms with E-state index in [0.717, 1.165) is 0 Å². The Hall–Kier alpha value is -1.19. The summed E-state index contributed by atoms with van der Waals surface area (Å²) in [5.41, 5.74) is 0. The Labute approximate surface area is 70.5 Å².